The van der Waals surface area contributed by atoms with Crippen LogP contribution < -0.4 is 14.8 Å². The first-order valence-electron chi connectivity index (χ1n) is 9.26. The molecule has 2 aromatic rings. The number of hydrogen-bond acceptors (Lipinski definition) is 6. The third-order valence-corrected chi connectivity index (χ3v) is 5.28. The van der Waals surface area contributed by atoms with Crippen LogP contribution in [0.3, 0.4) is 0 Å². The van der Waals surface area contributed by atoms with Gasteiger partial charge in [-0.3, -0.25) is 0 Å². The molecule has 1 aromatic carbocycles. The summed E-state index contributed by atoms with van der Waals surface area (Å²) in [5, 5.41) is 4.40. The average Bonchev–Trinajstić information content (AvgIpc) is 2.65. The van der Waals surface area contributed by atoms with Crippen LogP contribution in [-0.4, -0.2) is 54.8 Å². The highest BCUT2D eigenvalue weighted by atomic mass is 32.1. The monoisotopic (exact) mass is 376 g/mol. The fourth-order valence-electron chi connectivity index (χ4n) is 3.60. The Labute approximate surface area is 159 Å². The van der Waals surface area contributed by atoms with Crippen LogP contribution in [0.1, 0.15) is 32.6 Å². The lowest BCUT2D eigenvalue weighted by molar-refractivity contribution is 0.160. The number of nitrogens with one attached hydrogen (secondary N) is 2. The van der Waals surface area contributed by atoms with Crippen LogP contribution in [0.25, 0.3) is 10.9 Å². The Hall–Kier alpha value is -1.86. The number of aromatic amines is 1. The second-order valence-corrected chi connectivity index (χ2v) is 7.19. The molecule has 2 heterocycles. The number of nitrogens with zero attached hydrogens (tertiary/aromatic N) is 2. The lowest BCUT2D eigenvalue weighted by Crippen LogP contribution is -2.38. The maximum atomic E-state index is 5.42. The first-order valence-corrected chi connectivity index (χ1v) is 9.67. The summed E-state index contributed by atoms with van der Waals surface area (Å²) < 4.78 is 11.2. The normalized spacial score (nSPS) is 18.0. The number of methoxy groups -OCH3 is 2. The van der Waals surface area contributed by atoms with Crippen molar-refractivity contribution in [1.29, 1.82) is 0 Å². The minimum atomic E-state index is 0.455. The van der Waals surface area contributed by atoms with Crippen LogP contribution in [-0.2, 0) is 0 Å². The summed E-state index contributed by atoms with van der Waals surface area (Å²) >= 11 is 5.28. The number of piperidine rings is 1. The number of anilines is 1. The summed E-state index contributed by atoms with van der Waals surface area (Å²) in [7, 11) is 3.26. The van der Waals surface area contributed by atoms with E-state index < -0.39 is 0 Å². The predicted octanol–water partition coefficient (Wildman–Crippen LogP) is 3.99. The highest BCUT2D eigenvalue weighted by Gasteiger charge is 2.17. The van der Waals surface area contributed by atoms with Gasteiger partial charge in [0.1, 0.15) is 5.82 Å². The highest BCUT2D eigenvalue weighted by Crippen LogP contribution is 2.33. The summed E-state index contributed by atoms with van der Waals surface area (Å²) in [5.74, 6) is 2.13. The molecule has 142 valence electrons. The Morgan fingerprint density at radius 2 is 2.04 bits per heavy atom. The first kappa shape index (κ1) is 18.9. The molecule has 1 atom stereocenters. The molecule has 3 rings (SSSR count). The number of H-pyrrole nitrogens is 1. The van der Waals surface area contributed by atoms with E-state index in [9.17, 15) is 0 Å². The Balaban J connectivity index is 1.71. The largest absolute Gasteiger partial charge is 0.493 e. The molecule has 0 radical (unpaired) electrons. The van der Waals surface area contributed by atoms with Gasteiger partial charge in [-0.05, 0) is 51.0 Å². The lowest BCUT2D eigenvalue weighted by Gasteiger charge is -2.33. The molecule has 1 fully saturated rings. The second-order valence-electron chi connectivity index (χ2n) is 6.80. The van der Waals surface area contributed by atoms with Crippen LogP contribution in [0, 0.1) is 4.77 Å². The van der Waals surface area contributed by atoms with Gasteiger partial charge < -0.3 is 24.7 Å². The molecule has 1 saturated heterocycles. The van der Waals surface area contributed by atoms with E-state index in [0.717, 1.165) is 36.2 Å². The molecule has 26 heavy (non-hydrogen) atoms. The van der Waals surface area contributed by atoms with E-state index >= 15 is 0 Å². The van der Waals surface area contributed by atoms with Gasteiger partial charge in [-0.1, -0.05) is 6.42 Å². The molecule has 2 N–H and O–H groups in total. The van der Waals surface area contributed by atoms with Crippen molar-refractivity contribution in [3.05, 3.63) is 16.9 Å². The third kappa shape index (κ3) is 4.27. The lowest BCUT2D eigenvalue weighted by atomic mass is 10.0. The maximum absolute atomic E-state index is 5.42. The molecule has 0 bridgehead atoms. The number of rotatable bonds is 7. The molecule has 1 aromatic heterocycles. The van der Waals surface area contributed by atoms with Crippen LogP contribution in [0.2, 0.25) is 0 Å². The average molecular weight is 377 g/mol. The summed E-state index contributed by atoms with van der Waals surface area (Å²) in [6.07, 6.45) is 5.07. The van der Waals surface area contributed by atoms with Crippen molar-refractivity contribution in [2.45, 2.75) is 38.6 Å². The van der Waals surface area contributed by atoms with Crippen LogP contribution in [0.4, 0.5) is 5.82 Å². The zero-order valence-electron chi connectivity index (χ0n) is 15.8. The summed E-state index contributed by atoms with van der Waals surface area (Å²) in [6.45, 7) is 5.52. The Morgan fingerprint density at radius 1 is 1.27 bits per heavy atom. The summed E-state index contributed by atoms with van der Waals surface area (Å²) in [4.78, 5) is 10.2. The van der Waals surface area contributed by atoms with E-state index in [1.165, 1.54) is 25.8 Å². The van der Waals surface area contributed by atoms with Gasteiger partial charge in [-0.25, -0.2) is 4.98 Å². The first-order chi connectivity index (χ1) is 12.6. The molecule has 0 spiro atoms. The van der Waals surface area contributed by atoms with Gasteiger partial charge in [0, 0.05) is 30.6 Å². The topological polar surface area (TPSA) is 62.4 Å². The number of hydrogen-bond donors (Lipinski definition) is 2. The number of fused-ring (bicyclic) bond motifs is 1. The molecule has 0 saturated carbocycles. The maximum Gasteiger partial charge on any atom is 0.199 e. The molecule has 0 aliphatic carbocycles. The SMILES string of the molecule is COc1cc2[nH]c(=S)nc(NCCCN3CCCCC3C)c2cc1OC. The van der Waals surface area contributed by atoms with Gasteiger partial charge >= 0.3 is 0 Å². The molecular formula is C19H28N4O2S. The summed E-state index contributed by atoms with van der Waals surface area (Å²) in [5.41, 5.74) is 0.884. The van der Waals surface area contributed by atoms with Crippen molar-refractivity contribution in [3.8, 4) is 11.5 Å². The minimum absolute atomic E-state index is 0.455. The zero-order valence-corrected chi connectivity index (χ0v) is 16.6. The van der Waals surface area contributed by atoms with Crippen LogP contribution in [0.5, 0.6) is 11.5 Å². The van der Waals surface area contributed by atoms with E-state index in [0.29, 0.717) is 22.3 Å². The van der Waals surface area contributed by atoms with Gasteiger partial charge in [0.05, 0.1) is 19.7 Å². The van der Waals surface area contributed by atoms with Crippen molar-refractivity contribution in [3.63, 3.8) is 0 Å². The number of likely N-dealkylation sites (tertiary alicyclic amines) is 1. The van der Waals surface area contributed by atoms with Gasteiger partial charge in [0.2, 0.25) is 0 Å². The standard InChI is InChI=1S/C19H28N4O2S/c1-13-7-4-5-9-23(13)10-6-8-20-18-14-11-16(24-2)17(25-3)12-15(14)21-19(26)22-18/h11-13H,4-10H2,1-3H3,(H2,20,21,22,26). The molecule has 6 nitrogen and oxygen atoms in total. The van der Waals surface area contributed by atoms with E-state index in [1.54, 1.807) is 14.2 Å². The smallest absolute Gasteiger partial charge is 0.199 e. The number of benzene rings is 1. The number of ether oxygens (including phenoxy) is 2. The predicted molar refractivity (Wildman–Crippen MR) is 108 cm³/mol. The van der Waals surface area contributed by atoms with Crippen molar-refractivity contribution in [2.75, 3.05) is 39.2 Å². The zero-order chi connectivity index (χ0) is 18.5. The Morgan fingerprint density at radius 3 is 2.77 bits per heavy atom. The molecule has 1 unspecified atom stereocenters. The fraction of sp³-hybridized carbons (Fsp3) is 0.579. The highest BCUT2D eigenvalue weighted by molar-refractivity contribution is 7.71. The van der Waals surface area contributed by atoms with Gasteiger partial charge in [0.25, 0.3) is 0 Å². The van der Waals surface area contributed by atoms with Crippen LogP contribution >= 0.6 is 12.2 Å². The van der Waals surface area contributed by atoms with Crippen molar-refractivity contribution < 1.29 is 9.47 Å². The third-order valence-electron chi connectivity index (χ3n) is 5.09. The van der Waals surface area contributed by atoms with Gasteiger partial charge in [-0.15, -0.1) is 0 Å². The van der Waals surface area contributed by atoms with Crippen molar-refractivity contribution >= 4 is 28.9 Å². The molecule has 7 heteroatoms. The van der Waals surface area contributed by atoms with E-state index in [4.69, 9.17) is 21.7 Å². The van der Waals surface area contributed by atoms with E-state index in [2.05, 4.69) is 27.1 Å². The minimum Gasteiger partial charge on any atom is -0.493 e. The number of aromatic nitrogens is 2. The Kier molecular flexibility index (Phi) is 6.32. The molecule has 1 aliphatic heterocycles. The Bertz CT molecular complexity index is 808. The van der Waals surface area contributed by atoms with E-state index in [-0.39, 0.29) is 0 Å². The van der Waals surface area contributed by atoms with Crippen molar-refractivity contribution in [2.24, 2.45) is 0 Å². The van der Waals surface area contributed by atoms with Crippen molar-refractivity contribution in [1.82, 2.24) is 14.9 Å². The quantitative estimate of drug-likeness (QED) is 0.563. The second kappa shape index (κ2) is 8.68. The summed E-state index contributed by atoms with van der Waals surface area (Å²) in [6, 6.07) is 4.53. The van der Waals surface area contributed by atoms with Gasteiger partial charge in [0.15, 0.2) is 16.3 Å². The van der Waals surface area contributed by atoms with E-state index in [1.807, 2.05) is 12.1 Å². The fourth-order valence-corrected chi connectivity index (χ4v) is 3.80. The molecule has 1 aliphatic rings. The van der Waals surface area contributed by atoms with Crippen LogP contribution in [0.15, 0.2) is 12.1 Å². The van der Waals surface area contributed by atoms with Gasteiger partial charge in [-0.2, -0.15) is 0 Å². The molecule has 0 amide bonds. The molecular weight excluding hydrogens is 348 g/mol.